The van der Waals surface area contributed by atoms with Gasteiger partial charge in [-0.1, -0.05) is 59.4 Å². The zero-order valence-corrected chi connectivity index (χ0v) is 16.5. The average molecular weight is 399 g/mol. The van der Waals surface area contributed by atoms with Crippen molar-refractivity contribution in [2.24, 2.45) is 0 Å². The highest BCUT2D eigenvalue weighted by molar-refractivity contribution is 7.98. The normalized spacial score (nSPS) is 11.2. The van der Waals surface area contributed by atoms with E-state index in [0.717, 1.165) is 22.2 Å². The lowest BCUT2D eigenvalue weighted by atomic mass is 10.1. The summed E-state index contributed by atoms with van der Waals surface area (Å²) in [7, 11) is 1.65. The second-order valence-corrected chi connectivity index (χ2v) is 7.44. The van der Waals surface area contributed by atoms with E-state index in [1.54, 1.807) is 29.9 Å². The van der Waals surface area contributed by atoms with Crippen molar-refractivity contribution < 1.29 is 4.74 Å². The molecule has 0 aliphatic heterocycles. The maximum atomic E-state index is 5.22. The number of hydrogen-bond acceptors (Lipinski definition) is 6. The van der Waals surface area contributed by atoms with E-state index in [2.05, 4.69) is 62.7 Å². The first-order valence-corrected chi connectivity index (χ1v) is 10.1. The van der Waals surface area contributed by atoms with Crippen LogP contribution < -0.4 is 4.74 Å². The molecule has 142 valence electrons. The number of hydrogen-bond donors (Lipinski definition) is 0. The molecule has 0 unspecified atom stereocenters. The predicted molar refractivity (Wildman–Crippen MR) is 115 cm³/mol. The number of methoxy groups -OCH3 is 1. The Kier molecular flexibility index (Phi) is 4.57. The Hall–Kier alpha value is -3.45. The Balaban J connectivity index is 1.47. The number of thioether (sulfide) groups is 1. The number of ether oxygens (including phenoxy) is 1. The van der Waals surface area contributed by atoms with E-state index in [9.17, 15) is 0 Å². The third-order valence-electron chi connectivity index (χ3n) is 4.77. The molecule has 0 fully saturated rings. The van der Waals surface area contributed by atoms with Gasteiger partial charge in [0.15, 0.2) is 11.2 Å². The highest BCUT2D eigenvalue weighted by Gasteiger charge is 2.14. The number of fused-ring (bicyclic) bond motifs is 2. The molecular weight excluding hydrogens is 382 g/mol. The van der Waals surface area contributed by atoms with Crippen LogP contribution in [0.5, 0.6) is 5.75 Å². The monoisotopic (exact) mass is 399 g/mol. The SMILES string of the molecule is COc1ccc(-n2nnc3c(SCc4cccc5ccccc45)ncnc32)cc1. The quantitative estimate of drug-likeness (QED) is 0.316. The summed E-state index contributed by atoms with van der Waals surface area (Å²) in [5, 5.41) is 12.0. The van der Waals surface area contributed by atoms with E-state index >= 15 is 0 Å². The molecule has 7 heteroatoms. The van der Waals surface area contributed by atoms with Crippen molar-refractivity contribution in [1.82, 2.24) is 25.0 Å². The lowest BCUT2D eigenvalue weighted by molar-refractivity contribution is 0.414. The molecule has 2 heterocycles. The van der Waals surface area contributed by atoms with Gasteiger partial charge in [0.1, 0.15) is 17.1 Å². The van der Waals surface area contributed by atoms with Crippen molar-refractivity contribution in [3.8, 4) is 11.4 Å². The van der Waals surface area contributed by atoms with E-state index in [1.807, 2.05) is 24.3 Å². The van der Waals surface area contributed by atoms with E-state index in [-0.39, 0.29) is 0 Å². The standard InChI is InChI=1S/C22H17N5OS/c1-28-18-11-9-17(10-12-18)27-21-20(25-26-27)22(24-14-23-21)29-13-16-7-4-6-15-5-2-3-8-19(15)16/h2-12,14H,13H2,1H3. The van der Waals surface area contributed by atoms with E-state index < -0.39 is 0 Å². The smallest absolute Gasteiger partial charge is 0.187 e. The molecule has 2 aromatic heterocycles. The predicted octanol–water partition coefficient (Wildman–Crippen LogP) is 4.66. The fourth-order valence-electron chi connectivity index (χ4n) is 3.30. The van der Waals surface area contributed by atoms with Crippen molar-refractivity contribution in [3.05, 3.63) is 78.6 Å². The van der Waals surface area contributed by atoms with Gasteiger partial charge < -0.3 is 4.74 Å². The highest BCUT2D eigenvalue weighted by Crippen LogP contribution is 2.29. The van der Waals surface area contributed by atoms with Crippen LogP contribution in [0.3, 0.4) is 0 Å². The Morgan fingerprint density at radius 1 is 0.931 bits per heavy atom. The Morgan fingerprint density at radius 3 is 2.62 bits per heavy atom. The molecule has 0 saturated carbocycles. The van der Waals surface area contributed by atoms with Crippen LogP contribution in [0, 0.1) is 0 Å². The molecule has 0 aliphatic carbocycles. The molecule has 0 N–H and O–H groups in total. The highest BCUT2D eigenvalue weighted by atomic mass is 32.2. The van der Waals surface area contributed by atoms with Gasteiger partial charge >= 0.3 is 0 Å². The molecule has 5 rings (SSSR count). The van der Waals surface area contributed by atoms with Crippen LogP contribution in [0.2, 0.25) is 0 Å². The number of rotatable bonds is 5. The number of nitrogens with zero attached hydrogens (tertiary/aromatic N) is 5. The fourth-order valence-corrected chi connectivity index (χ4v) is 4.23. The van der Waals surface area contributed by atoms with Gasteiger partial charge in [0, 0.05) is 5.75 Å². The van der Waals surface area contributed by atoms with Gasteiger partial charge in [-0.2, -0.15) is 4.68 Å². The van der Waals surface area contributed by atoms with Crippen molar-refractivity contribution in [2.45, 2.75) is 10.8 Å². The first-order chi connectivity index (χ1) is 14.3. The van der Waals surface area contributed by atoms with Gasteiger partial charge in [0.2, 0.25) is 0 Å². The van der Waals surface area contributed by atoms with Crippen LogP contribution in [0.1, 0.15) is 5.56 Å². The van der Waals surface area contributed by atoms with Crippen molar-refractivity contribution in [1.29, 1.82) is 0 Å². The molecule has 29 heavy (non-hydrogen) atoms. The molecule has 6 nitrogen and oxygen atoms in total. The second kappa shape index (κ2) is 7.52. The first-order valence-electron chi connectivity index (χ1n) is 9.14. The van der Waals surface area contributed by atoms with Gasteiger partial charge in [-0.3, -0.25) is 0 Å². The minimum absolute atomic E-state index is 0.686. The largest absolute Gasteiger partial charge is 0.497 e. The summed E-state index contributed by atoms with van der Waals surface area (Å²) in [4.78, 5) is 8.86. The lowest BCUT2D eigenvalue weighted by Gasteiger charge is -2.06. The first kappa shape index (κ1) is 17.6. The van der Waals surface area contributed by atoms with Gasteiger partial charge in [0.05, 0.1) is 12.8 Å². The molecule has 0 atom stereocenters. The van der Waals surface area contributed by atoms with E-state index in [1.165, 1.54) is 16.3 Å². The maximum Gasteiger partial charge on any atom is 0.187 e. The molecule has 0 spiro atoms. The fraction of sp³-hybridized carbons (Fsp3) is 0.0909. The Morgan fingerprint density at radius 2 is 1.76 bits per heavy atom. The summed E-state index contributed by atoms with van der Waals surface area (Å²) in [6.07, 6.45) is 1.57. The molecule has 0 saturated heterocycles. The zero-order chi connectivity index (χ0) is 19.6. The Labute approximate surface area is 171 Å². The molecule has 0 amide bonds. The maximum absolute atomic E-state index is 5.22. The lowest BCUT2D eigenvalue weighted by Crippen LogP contribution is -1.98. The second-order valence-electron chi connectivity index (χ2n) is 6.48. The summed E-state index contributed by atoms with van der Waals surface area (Å²) >= 11 is 1.65. The number of benzene rings is 3. The summed E-state index contributed by atoms with van der Waals surface area (Å²) in [6, 6.07) is 22.4. The molecule has 0 radical (unpaired) electrons. The molecule has 5 aromatic rings. The summed E-state index contributed by atoms with van der Waals surface area (Å²) in [6.45, 7) is 0. The van der Waals surface area contributed by atoms with Crippen LogP contribution in [-0.4, -0.2) is 32.1 Å². The molecule has 0 aliphatic rings. The van der Waals surface area contributed by atoms with Crippen LogP contribution in [-0.2, 0) is 5.75 Å². The van der Waals surface area contributed by atoms with E-state index in [0.29, 0.717) is 11.2 Å². The van der Waals surface area contributed by atoms with Gasteiger partial charge in [0.25, 0.3) is 0 Å². The van der Waals surface area contributed by atoms with Crippen LogP contribution in [0.15, 0.2) is 78.1 Å². The van der Waals surface area contributed by atoms with Crippen LogP contribution in [0.25, 0.3) is 27.6 Å². The van der Waals surface area contributed by atoms with Crippen LogP contribution in [0.4, 0.5) is 0 Å². The van der Waals surface area contributed by atoms with Gasteiger partial charge in [-0.25, -0.2) is 9.97 Å². The van der Waals surface area contributed by atoms with E-state index in [4.69, 9.17) is 4.74 Å². The minimum Gasteiger partial charge on any atom is -0.497 e. The molecular formula is C22H17N5OS. The summed E-state index contributed by atoms with van der Waals surface area (Å²) < 4.78 is 6.94. The van der Waals surface area contributed by atoms with Gasteiger partial charge in [-0.15, -0.1) is 5.10 Å². The third-order valence-corrected chi connectivity index (χ3v) is 5.79. The average Bonchev–Trinajstić information content (AvgIpc) is 3.22. The summed E-state index contributed by atoms with van der Waals surface area (Å²) in [5.74, 6) is 1.59. The third kappa shape index (κ3) is 3.30. The summed E-state index contributed by atoms with van der Waals surface area (Å²) in [5.41, 5.74) is 3.53. The van der Waals surface area contributed by atoms with Crippen molar-refractivity contribution in [2.75, 3.05) is 7.11 Å². The topological polar surface area (TPSA) is 65.7 Å². The van der Waals surface area contributed by atoms with Crippen LogP contribution >= 0.6 is 11.8 Å². The van der Waals surface area contributed by atoms with Crippen molar-refractivity contribution in [3.63, 3.8) is 0 Å². The number of aromatic nitrogens is 5. The Bertz CT molecular complexity index is 1290. The van der Waals surface area contributed by atoms with Gasteiger partial charge in [-0.05, 0) is 40.6 Å². The zero-order valence-electron chi connectivity index (χ0n) is 15.7. The molecule has 3 aromatic carbocycles. The molecule has 0 bridgehead atoms. The minimum atomic E-state index is 0.686. The van der Waals surface area contributed by atoms with Crippen molar-refractivity contribution >= 4 is 33.7 Å².